The van der Waals surface area contributed by atoms with Crippen molar-refractivity contribution >= 4 is 34.1 Å². The van der Waals surface area contributed by atoms with E-state index in [9.17, 15) is 9.59 Å². The average Bonchev–Trinajstić information content (AvgIpc) is 3.33. The van der Waals surface area contributed by atoms with Crippen molar-refractivity contribution in [2.75, 3.05) is 23.7 Å². The molecular weight excluding hydrogens is 496 g/mol. The summed E-state index contributed by atoms with van der Waals surface area (Å²) in [5, 5.41) is 19.2. The first-order valence-corrected chi connectivity index (χ1v) is 14.0. The molecule has 1 atom stereocenters. The normalized spacial score (nSPS) is 14.3. The zero-order valence-electron chi connectivity index (χ0n) is 21.9. The van der Waals surface area contributed by atoms with Gasteiger partial charge in [0.15, 0.2) is 5.13 Å². The van der Waals surface area contributed by atoms with Gasteiger partial charge < -0.3 is 15.5 Å². The fourth-order valence-electron chi connectivity index (χ4n) is 4.54. The van der Waals surface area contributed by atoms with Gasteiger partial charge in [-0.05, 0) is 74.5 Å². The van der Waals surface area contributed by atoms with Gasteiger partial charge in [0.05, 0.1) is 17.3 Å². The minimum atomic E-state index is -0.253. The molecule has 0 bridgehead atoms. The SMILES string of the molecule is CCCNC1CCc2nc(NC(=O)c3cccc(CN(CCC)C(=O)Nc4cccc(C#N)c4)c3)sc2C1. The highest BCUT2D eigenvalue weighted by atomic mass is 32.1. The molecule has 3 N–H and O–H groups in total. The summed E-state index contributed by atoms with van der Waals surface area (Å²) in [6.07, 6.45) is 4.85. The molecule has 1 aromatic heterocycles. The van der Waals surface area contributed by atoms with E-state index in [0.29, 0.717) is 41.1 Å². The minimum Gasteiger partial charge on any atom is -0.320 e. The van der Waals surface area contributed by atoms with E-state index < -0.39 is 0 Å². The van der Waals surface area contributed by atoms with Crippen LogP contribution in [-0.2, 0) is 19.4 Å². The van der Waals surface area contributed by atoms with E-state index in [4.69, 9.17) is 5.26 Å². The summed E-state index contributed by atoms with van der Waals surface area (Å²) in [5.74, 6) is -0.210. The molecule has 3 aromatic rings. The van der Waals surface area contributed by atoms with Gasteiger partial charge in [-0.1, -0.05) is 32.0 Å². The summed E-state index contributed by atoms with van der Waals surface area (Å²) in [7, 11) is 0. The topological polar surface area (TPSA) is 110 Å². The van der Waals surface area contributed by atoms with Gasteiger partial charge in [0.2, 0.25) is 0 Å². The number of anilines is 2. The van der Waals surface area contributed by atoms with Crippen LogP contribution in [0.1, 0.15) is 65.2 Å². The number of thiazole rings is 1. The van der Waals surface area contributed by atoms with Gasteiger partial charge in [0.1, 0.15) is 0 Å². The number of nitriles is 1. The van der Waals surface area contributed by atoms with Gasteiger partial charge in [-0.25, -0.2) is 9.78 Å². The second kappa shape index (κ2) is 13.2. The summed E-state index contributed by atoms with van der Waals surface area (Å²) in [6, 6.07) is 16.5. The molecule has 8 nitrogen and oxygen atoms in total. The number of nitrogens with one attached hydrogen (secondary N) is 3. The van der Waals surface area contributed by atoms with E-state index in [1.165, 1.54) is 4.88 Å². The number of hydrogen-bond donors (Lipinski definition) is 3. The molecule has 1 aliphatic rings. The Morgan fingerprint density at radius 2 is 1.97 bits per heavy atom. The highest BCUT2D eigenvalue weighted by Gasteiger charge is 2.23. The lowest BCUT2D eigenvalue weighted by Crippen LogP contribution is -2.35. The Labute approximate surface area is 228 Å². The molecule has 0 radical (unpaired) electrons. The van der Waals surface area contributed by atoms with Gasteiger partial charge in [-0.2, -0.15) is 5.26 Å². The number of aryl methyl sites for hydroxylation is 1. The molecule has 0 spiro atoms. The van der Waals surface area contributed by atoms with E-state index >= 15 is 0 Å². The number of fused-ring (bicyclic) bond motifs is 1. The van der Waals surface area contributed by atoms with Crippen LogP contribution in [0.4, 0.5) is 15.6 Å². The molecule has 38 heavy (non-hydrogen) atoms. The summed E-state index contributed by atoms with van der Waals surface area (Å²) in [4.78, 5) is 33.7. The lowest BCUT2D eigenvalue weighted by atomic mass is 9.98. The van der Waals surface area contributed by atoms with Gasteiger partial charge >= 0.3 is 6.03 Å². The molecule has 0 fully saturated rings. The van der Waals surface area contributed by atoms with Crippen LogP contribution in [0.25, 0.3) is 0 Å². The first-order valence-electron chi connectivity index (χ1n) is 13.2. The largest absolute Gasteiger partial charge is 0.322 e. The molecule has 9 heteroatoms. The van der Waals surface area contributed by atoms with Crippen LogP contribution in [0.3, 0.4) is 0 Å². The van der Waals surface area contributed by atoms with Gasteiger partial charge in [0.25, 0.3) is 5.91 Å². The Morgan fingerprint density at radius 3 is 2.76 bits per heavy atom. The third kappa shape index (κ3) is 7.18. The van der Waals surface area contributed by atoms with Gasteiger partial charge in [0, 0.05) is 35.3 Å². The highest BCUT2D eigenvalue weighted by molar-refractivity contribution is 7.15. The van der Waals surface area contributed by atoms with Crippen LogP contribution in [0.15, 0.2) is 48.5 Å². The number of nitrogens with zero attached hydrogens (tertiary/aromatic N) is 3. The maximum atomic E-state index is 13.1. The molecule has 1 unspecified atom stereocenters. The van der Waals surface area contributed by atoms with E-state index in [1.54, 1.807) is 46.6 Å². The third-order valence-corrected chi connectivity index (χ3v) is 7.46. The highest BCUT2D eigenvalue weighted by Crippen LogP contribution is 2.30. The number of carbonyl (C=O) groups excluding carboxylic acids is 2. The number of carbonyl (C=O) groups is 2. The summed E-state index contributed by atoms with van der Waals surface area (Å²) >= 11 is 1.56. The van der Waals surface area contributed by atoms with Crippen LogP contribution in [-0.4, -0.2) is 41.0 Å². The zero-order chi connectivity index (χ0) is 26.9. The number of rotatable bonds is 10. The van der Waals surface area contributed by atoms with Crippen molar-refractivity contribution in [3.8, 4) is 6.07 Å². The van der Waals surface area contributed by atoms with Gasteiger partial charge in [-0.3, -0.25) is 10.1 Å². The van der Waals surface area contributed by atoms with E-state index in [0.717, 1.165) is 49.9 Å². The molecule has 3 amide bonds. The van der Waals surface area contributed by atoms with Gasteiger partial charge in [-0.15, -0.1) is 11.3 Å². The first-order chi connectivity index (χ1) is 18.5. The predicted octanol–water partition coefficient (Wildman–Crippen LogP) is 5.57. The van der Waals surface area contributed by atoms with Crippen LogP contribution in [0, 0.1) is 11.3 Å². The van der Waals surface area contributed by atoms with E-state index in [-0.39, 0.29) is 11.9 Å². The van der Waals surface area contributed by atoms with Crippen molar-refractivity contribution in [3.63, 3.8) is 0 Å². The molecule has 0 saturated carbocycles. The smallest absolute Gasteiger partial charge is 0.320 e. The number of amides is 3. The molecule has 0 saturated heterocycles. The fraction of sp³-hybridized carbons (Fsp3) is 0.379. The van der Waals surface area contributed by atoms with Crippen molar-refractivity contribution in [3.05, 3.63) is 75.8 Å². The van der Waals surface area contributed by atoms with E-state index in [2.05, 4.69) is 33.9 Å². The van der Waals surface area contributed by atoms with Crippen LogP contribution >= 0.6 is 11.3 Å². The number of benzene rings is 2. The molecule has 4 rings (SSSR count). The quantitative estimate of drug-likeness (QED) is 0.318. The second-order valence-electron chi connectivity index (χ2n) is 9.48. The average molecular weight is 531 g/mol. The zero-order valence-corrected chi connectivity index (χ0v) is 22.7. The maximum Gasteiger partial charge on any atom is 0.322 e. The lowest BCUT2D eigenvalue weighted by molar-refractivity contribution is 0.102. The molecular formula is C29H34N6O2S. The monoisotopic (exact) mass is 530 g/mol. The van der Waals surface area contributed by atoms with Crippen molar-refractivity contribution in [1.82, 2.24) is 15.2 Å². The van der Waals surface area contributed by atoms with Crippen molar-refractivity contribution < 1.29 is 9.59 Å². The molecule has 1 aliphatic carbocycles. The molecule has 1 heterocycles. The van der Waals surface area contributed by atoms with Crippen LogP contribution in [0.5, 0.6) is 0 Å². The number of hydrogen-bond acceptors (Lipinski definition) is 6. The second-order valence-corrected chi connectivity index (χ2v) is 10.6. The summed E-state index contributed by atoms with van der Waals surface area (Å²) in [6.45, 7) is 6.11. The van der Waals surface area contributed by atoms with Crippen molar-refractivity contribution in [2.45, 2.75) is 58.5 Å². The van der Waals surface area contributed by atoms with Crippen molar-refractivity contribution in [2.24, 2.45) is 0 Å². The summed E-state index contributed by atoms with van der Waals surface area (Å²) in [5.41, 5.74) is 3.53. The standard InChI is InChI=1S/C29H34N6O2S/c1-3-13-31-23-11-12-25-26(17-23)38-28(33-25)34-27(36)22-9-5-8-21(15-22)19-35(14-4-2)29(37)32-24-10-6-7-20(16-24)18-30/h5-10,15-16,23,31H,3-4,11-14,17,19H2,1-2H3,(H,32,37)(H,33,34,36). The predicted molar refractivity (Wildman–Crippen MR) is 151 cm³/mol. The Balaban J connectivity index is 1.40. The van der Waals surface area contributed by atoms with Crippen molar-refractivity contribution in [1.29, 1.82) is 5.26 Å². The minimum absolute atomic E-state index is 0.210. The lowest BCUT2D eigenvalue weighted by Gasteiger charge is -2.23. The molecule has 198 valence electrons. The van der Waals surface area contributed by atoms with Crippen LogP contribution < -0.4 is 16.0 Å². The third-order valence-electron chi connectivity index (χ3n) is 6.43. The van der Waals surface area contributed by atoms with E-state index in [1.807, 2.05) is 25.1 Å². The Bertz CT molecular complexity index is 1310. The Hall–Kier alpha value is -3.74. The summed E-state index contributed by atoms with van der Waals surface area (Å²) < 4.78 is 0. The Kier molecular flexibility index (Phi) is 9.46. The number of aromatic nitrogens is 1. The fourth-order valence-corrected chi connectivity index (χ4v) is 5.63. The van der Waals surface area contributed by atoms with Crippen LogP contribution in [0.2, 0.25) is 0 Å². The maximum absolute atomic E-state index is 13.1. The number of urea groups is 1. The first kappa shape index (κ1) is 27.3. The molecule has 0 aliphatic heterocycles. The molecule has 2 aromatic carbocycles. The Morgan fingerprint density at radius 1 is 1.13 bits per heavy atom.